The van der Waals surface area contributed by atoms with Crippen LogP contribution in [0.4, 0.5) is 5.82 Å². The first kappa shape index (κ1) is 22.7. The molecule has 0 bridgehead atoms. The summed E-state index contributed by atoms with van der Waals surface area (Å²) in [4.78, 5) is 26.3. The van der Waals surface area contributed by atoms with Crippen LogP contribution in [0.25, 0.3) is 0 Å². The second-order valence-corrected chi connectivity index (χ2v) is 8.49. The van der Waals surface area contributed by atoms with Crippen molar-refractivity contribution in [1.82, 2.24) is 19.8 Å². The van der Waals surface area contributed by atoms with Crippen LogP contribution < -0.4 is 10.1 Å². The van der Waals surface area contributed by atoms with E-state index in [1.54, 1.807) is 7.11 Å². The lowest BCUT2D eigenvalue weighted by Crippen LogP contribution is -2.24. The molecule has 33 heavy (non-hydrogen) atoms. The molecule has 0 saturated carbocycles. The Morgan fingerprint density at radius 1 is 1.09 bits per heavy atom. The number of aromatic nitrogens is 2. The maximum Gasteiger partial charge on any atom is 0.223 e. The van der Waals surface area contributed by atoms with Crippen LogP contribution in [0.15, 0.2) is 60.7 Å². The zero-order valence-corrected chi connectivity index (χ0v) is 19.5. The van der Waals surface area contributed by atoms with Crippen LogP contribution in [0.5, 0.6) is 5.75 Å². The normalized spacial score (nSPS) is 15.8. The molecular weight excluding hydrogens is 414 g/mol. The summed E-state index contributed by atoms with van der Waals surface area (Å²) in [5.74, 6) is 2.62. The molecule has 0 radical (unpaired) electrons. The average Bonchev–Trinajstić information content (AvgIpc) is 3.20. The number of nitrogens with zero attached hydrogens (tertiary/aromatic N) is 4. The van der Waals surface area contributed by atoms with Gasteiger partial charge < -0.3 is 15.0 Å². The summed E-state index contributed by atoms with van der Waals surface area (Å²) in [6, 6.07) is 20.1. The smallest absolute Gasteiger partial charge is 0.223 e. The van der Waals surface area contributed by atoms with Crippen molar-refractivity contribution in [2.75, 3.05) is 33.1 Å². The third-order valence-corrected chi connectivity index (χ3v) is 5.94. The Morgan fingerprint density at radius 2 is 1.85 bits per heavy atom. The van der Waals surface area contributed by atoms with Crippen LogP contribution in [0.2, 0.25) is 0 Å². The molecule has 172 valence electrons. The number of likely N-dealkylation sites (tertiary alicyclic amines) is 1. The van der Waals surface area contributed by atoms with Crippen LogP contribution >= 0.6 is 0 Å². The van der Waals surface area contributed by atoms with Crippen molar-refractivity contribution in [2.24, 2.45) is 0 Å². The molecule has 1 aliphatic heterocycles. The Hall–Kier alpha value is -3.45. The second kappa shape index (κ2) is 10.4. The highest BCUT2D eigenvalue weighted by molar-refractivity contribution is 5.79. The summed E-state index contributed by atoms with van der Waals surface area (Å²) in [7, 11) is 5.59. The minimum Gasteiger partial charge on any atom is -0.496 e. The number of para-hydroxylation sites is 1. The standard InChI is InChI=1S/C26H31N5O2/c1-27-24-14-22(21-13-26(32)31(17-21)15-19-9-5-4-6-10-19)28-25(29-24)18-30(2)16-20-11-7-8-12-23(20)33-3/h4-12,14,21H,13,15-18H2,1-3H3,(H,27,28,29)/t21-/m0/s1. The predicted octanol–water partition coefficient (Wildman–Crippen LogP) is 3.68. The maximum atomic E-state index is 12.7. The molecule has 1 aliphatic rings. The van der Waals surface area contributed by atoms with Gasteiger partial charge in [0, 0.05) is 50.7 Å². The van der Waals surface area contributed by atoms with Gasteiger partial charge in [0.25, 0.3) is 0 Å². The molecule has 1 saturated heterocycles. The van der Waals surface area contributed by atoms with Crippen LogP contribution in [-0.2, 0) is 24.4 Å². The summed E-state index contributed by atoms with van der Waals surface area (Å²) in [6.07, 6.45) is 0.476. The molecule has 7 heteroatoms. The molecule has 0 unspecified atom stereocenters. The Morgan fingerprint density at radius 3 is 2.61 bits per heavy atom. The van der Waals surface area contributed by atoms with Gasteiger partial charge >= 0.3 is 0 Å². The lowest BCUT2D eigenvalue weighted by Gasteiger charge is -2.19. The lowest BCUT2D eigenvalue weighted by atomic mass is 10.0. The number of methoxy groups -OCH3 is 1. The van der Waals surface area contributed by atoms with Gasteiger partial charge in [-0.1, -0.05) is 48.5 Å². The fourth-order valence-corrected chi connectivity index (χ4v) is 4.27. The molecule has 4 rings (SSSR count). The number of amides is 1. The molecule has 1 amide bonds. The Balaban J connectivity index is 1.47. The molecule has 7 nitrogen and oxygen atoms in total. The zero-order valence-electron chi connectivity index (χ0n) is 19.5. The Labute approximate surface area is 195 Å². The van der Waals surface area contributed by atoms with Crippen molar-refractivity contribution in [1.29, 1.82) is 0 Å². The first-order chi connectivity index (χ1) is 16.1. The molecule has 2 aromatic carbocycles. The van der Waals surface area contributed by atoms with Crippen LogP contribution in [0.1, 0.15) is 35.0 Å². The summed E-state index contributed by atoms with van der Waals surface area (Å²) in [5, 5.41) is 3.15. The number of benzene rings is 2. The number of carbonyl (C=O) groups is 1. The van der Waals surface area contributed by atoms with Crippen LogP contribution in [-0.4, -0.2) is 53.4 Å². The first-order valence-corrected chi connectivity index (χ1v) is 11.2. The van der Waals surface area contributed by atoms with E-state index in [2.05, 4.69) is 33.4 Å². The monoisotopic (exact) mass is 445 g/mol. The summed E-state index contributed by atoms with van der Waals surface area (Å²) >= 11 is 0. The van der Waals surface area contributed by atoms with E-state index < -0.39 is 0 Å². The molecule has 1 aromatic heterocycles. The minimum atomic E-state index is 0.0644. The zero-order chi connectivity index (χ0) is 23.2. The molecule has 3 aromatic rings. The molecular formula is C26H31N5O2. The molecule has 1 atom stereocenters. The van der Waals surface area contributed by atoms with E-state index in [9.17, 15) is 4.79 Å². The van der Waals surface area contributed by atoms with Crippen molar-refractivity contribution in [3.63, 3.8) is 0 Å². The third-order valence-electron chi connectivity index (χ3n) is 5.94. The fourth-order valence-electron chi connectivity index (χ4n) is 4.27. The minimum absolute atomic E-state index is 0.0644. The SMILES string of the molecule is CNc1cc([C@H]2CC(=O)N(Cc3ccccc3)C2)nc(CN(C)Cc2ccccc2OC)n1. The van der Waals surface area contributed by atoms with E-state index in [4.69, 9.17) is 9.72 Å². The van der Waals surface area contributed by atoms with Crippen molar-refractivity contribution >= 4 is 11.7 Å². The van der Waals surface area contributed by atoms with Crippen LogP contribution in [0.3, 0.4) is 0 Å². The Bertz CT molecular complexity index is 1090. The number of hydrogen-bond donors (Lipinski definition) is 1. The molecule has 1 fully saturated rings. The van der Waals surface area contributed by atoms with Gasteiger partial charge in [0.15, 0.2) is 0 Å². The van der Waals surface area contributed by atoms with Crippen LogP contribution in [0, 0.1) is 0 Å². The molecule has 1 N–H and O–H groups in total. The van der Waals surface area contributed by atoms with Crippen molar-refractivity contribution in [2.45, 2.75) is 32.0 Å². The number of nitrogens with one attached hydrogen (secondary N) is 1. The average molecular weight is 446 g/mol. The fraction of sp³-hybridized carbons (Fsp3) is 0.346. The number of hydrogen-bond acceptors (Lipinski definition) is 6. The number of anilines is 1. The summed E-state index contributed by atoms with van der Waals surface area (Å²) < 4.78 is 5.48. The van der Waals surface area contributed by atoms with E-state index in [-0.39, 0.29) is 11.8 Å². The van der Waals surface area contributed by atoms with Crippen molar-refractivity contribution < 1.29 is 9.53 Å². The number of ether oxygens (including phenoxy) is 1. The topological polar surface area (TPSA) is 70.6 Å². The van der Waals surface area contributed by atoms with Gasteiger partial charge in [-0.15, -0.1) is 0 Å². The van der Waals surface area contributed by atoms with E-state index in [1.165, 1.54) is 0 Å². The third kappa shape index (κ3) is 5.68. The van der Waals surface area contributed by atoms with Gasteiger partial charge in [0.2, 0.25) is 5.91 Å². The second-order valence-electron chi connectivity index (χ2n) is 8.49. The molecule has 2 heterocycles. The summed E-state index contributed by atoms with van der Waals surface area (Å²) in [5.41, 5.74) is 3.17. The van der Waals surface area contributed by atoms with Gasteiger partial charge in [-0.2, -0.15) is 0 Å². The Kier molecular flexibility index (Phi) is 7.19. The quantitative estimate of drug-likeness (QED) is 0.542. The highest BCUT2D eigenvalue weighted by Gasteiger charge is 2.32. The van der Waals surface area contributed by atoms with Gasteiger partial charge in [0.1, 0.15) is 17.4 Å². The highest BCUT2D eigenvalue weighted by atomic mass is 16.5. The van der Waals surface area contributed by atoms with Crippen molar-refractivity contribution in [3.05, 3.63) is 83.3 Å². The largest absolute Gasteiger partial charge is 0.496 e. The van der Waals surface area contributed by atoms with Crippen molar-refractivity contribution in [3.8, 4) is 5.75 Å². The van der Waals surface area contributed by atoms with E-state index in [0.717, 1.165) is 40.8 Å². The first-order valence-electron chi connectivity index (χ1n) is 11.2. The van der Waals surface area contributed by atoms with Gasteiger partial charge in [-0.25, -0.2) is 9.97 Å². The maximum absolute atomic E-state index is 12.7. The number of rotatable bonds is 9. The van der Waals surface area contributed by atoms with Gasteiger partial charge in [-0.05, 0) is 18.7 Å². The van der Waals surface area contributed by atoms with Gasteiger partial charge in [-0.3, -0.25) is 9.69 Å². The highest BCUT2D eigenvalue weighted by Crippen LogP contribution is 2.29. The lowest BCUT2D eigenvalue weighted by molar-refractivity contribution is -0.128. The van der Waals surface area contributed by atoms with E-state index in [1.807, 2.05) is 61.5 Å². The molecule has 0 spiro atoms. The predicted molar refractivity (Wildman–Crippen MR) is 129 cm³/mol. The number of carbonyl (C=O) groups excluding carboxylic acids is 1. The van der Waals surface area contributed by atoms with E-state index in [0.29, 0.717) is 26.1 Å². The summed E-state index contributed by atoms with van der Waals surface area (Å²) in [6.45, 7) is 2.62. The van der Waals surface area contributed by atoms with Gasteiger partial charge in [0.05, 0.1) is 19.3 Å². The van der Waals surface area contributed by atoms with E-state index >= 15 is 0 Å². The molecule has 0 aliphatic carbocycles.